The fourth-order valence-corrected chi connectivity index (χ4v) is 3.59. The van der Waals surface area contributed by atoms with Gasteiger partial charge in [0.25, 0.3) is 5.56 Å². The molecule has 0 bridgehead atoms. The molecule has 1 aliphatic heterocycles. The maximum Gasteiger partial charge on any atom is 0.257 e. The van der Waals surface area contributed by atoms with Crippen LogP contribution in [0.4, 0.5) is 0 Å². The molecule has 1 N–H and O–H groups in total. The summed E-state index contributed by atoms with van der Waals surface area (Å²) in [4.78, 5) is 33.7. The minimum absolute atomic E-state index is 0.0714. The highest BCUT2D eigenvalue weighted by atomic mass is 16.2. The number of nitriles is 1. The SMILES string of the molecule is N#Cc1ccc(C2=CCN(C(=O)CCc3cc4ncccc4c(=O)[nH]3)CC2)cc1. The van der Waals surface area contributed by atoms with Crippen molar-refractivity contribution in [3.63, 3.8) is 0 Å². The van der Waals surface area contributed by atoms with E-state index in [0.29, 0.717) is 42.4 Å². The molecule has 0 spiro atoms. The summed E-state index contributed by atoms with van der Waals surface area (Å²) in [5, 5.41) is 9.46. The second kappa shape index (κ2) is 8.11. The second-order valence-electron chi connectivity index (χ2n) is 7.07. The summed E-state index contributed by atoms with van der Waals surface area (Å²) in [5.74, 6) is 0.0714. The van der Waals surface area contributed by atoms with Gasteiger partial charge in [-0.3, -0.25) is 14.6 Å². The number of carbonyl (C=O) groups excluding carboxylic acids is 1. The minimum atomic E-state index is -0.175. The van der Waals surface area contributed by atoms with Gasteiger partial charge in [0.1, 0.15) is 0 Å². The molecule has 0 saturated heterocycles. The van der Waals surface area contributed by atoms with Gasteiger partial charge in [-0.1, -0.05) is 18.2 Å². The first kappa shape index (κ1) is 18.6. The van der Waals surface area contributed by atoms with Crippen molar-refractivity contribution in [3.05, 3.63) is 81.9 Å². The zero-order valence-electron chi connectivity index (χ0n) is 15.9. The molecule has 29 heavy (non-hydrogen) atoms. The molecule has 0 fully saturated rings. The van der Waals surface area contributed by atoms with Crippen LogP contribution in [-0.4, -0.2) is 33.9 Å². The summed E-state index contributed by atoms with van der Waals surface area (Å²) in [5.41, 5.74) is 4.13. The van der Waals surface area contributed by atoms with E-state index in [-0.39, 0.29) is 11.5 Å². The molecular formula is C23H20N4O2. The molecule has 4 rings (SSSR count). The van der Waals surface area contributed by atoms with Crippen molar-refractivity contribution in [1.29, 1.82) is 5.26 Å². The molecule has 1 aromatic carbocycles. The third-order valence-electron chi connectivity index (χ3n) is 5.22. The van der Waals surface area contributed by atoms with E-state index < -0.39 is 0 Å². The number of hydrogen-bond acceptors (Lipinski definition) is 4. The summed E-state index contributed by atoms with van der Waals surface area (Å²) in [6.45, 7) is 1.24. The largest absolute Gasteiger partial charge is 0.339 e. The zero-order chi connectivity index (χ0) is 20.2. The van der Waals surface area contributed by atoms with Gasteiger partial charge >= 0.3 is 0 Å². The number of aryl methyl sites for hydroxylation is 1. The number of benzene rings is 1. The number of fused-ring (bicyclic) bond motifs is 1. The van der Waals surface area contributed by atoms with Gasteiger partial charge in [-0.15, -0.1) is 0 Å². The minimum Gasteiger partial charge on any atom is -0.339 e. The molecule has 6 nitrogen and oxygen atoms in total. The summed E-state index contributed by atoms with van der Waals surface area (Å²) in [7, 11) is 0. The maximum atomic E-state index is 12.6. The number of amides is 1. The number of nitrogens with one attached hydrogen (secondary N) is 1. The lowest BCUT2D eigenvalue weighted by atomic mass is 9.98. The highest BCUT2D eigenvalue weighted by Gasteiger charge is 2.18. The lowest BCUT2D eigenvalue weighted by Crippen LogP contribution is -2.34. The van der Waals surface area contributed by atoms with Crippen LogP contribution in [0.5, 0.6) is 0 Å². The molecule has 3 aromatic rings. The summed E-state index contributed by atoms with van der Waals surface area (Å²) >= 11 is 0. The number of aromatic nitrogens is 2. The fourth-order valence-electron chi connectivity index (χ4n) is 3.59. The number of rotatable bonds is 4. The first-order valence-corrected chi connectivity index (χ1v) is 9.58. The molecule has 144 valence electrons. The van der Waals surface area contributed by atoms with Crippen molar-refractivity contribution >= 4 is 22.4 Å². The van der Waals surface area contributed by atoms with E-state index in [1.165, 1.54) is 5.57 Å². The molecular weight excluding hydrogens is 364 g/mol. The van der Waals surface area contributed by atoms with Gasteiger partial charge in [0.2, 0.25) is 5.91 Å². The van der Waals surface area contributed by atoms with Gasteiger partial charge in [-0.2, -0.15) is 5.26 Å². The molecule has 0 aliphatic carbocycles. The Morgan fingerprint density at radius 3 is 2.79 bits per heavy atom. The summed E-state index contributed by atoms with van der Waals surface area (Å²) in [6.07, 6.45) is 5.33. The van der Waals surface area contributed by atoms with Crippen LogP contribution in [0.2, 0.25) is 0 Å². The lowest BCUT2D eigenvalue weighted by Gasteiger charge is -2.27. The van der Waals surface area contributed by atoms with Crippen LogP contribution >= 0.6 is 0 Å². The number of H-pyrrole nitrogens is 1. The molecule has 0 saturated carbocycles. The lowest BCUT2D eigenvalue weighted by molar-refractivity contribution is -0.130. The van der Waals surface area contributed by atoms with Gasteiger partial charge in [0.15, 0.2) is 0 Å². The maximum absolute atomic E-state index is 12.6. The first-order chi connectivity index (χ1) is 14.1. The van der Waals surface area contributed by atoms with Crippen molar-refractivity contribution < 1.29 is 4.79 Å². The summed E-state index contributed by atoms with van der Waals surface area (Å²) < 4.78 is 0. The van der Waals surface area contributed by atoms with Crippen LogP contribution in [-0.2, 0) is 11.2 Å². The monoisotopic (exact) mass is 384 g/mol. The molecule has 6 heteroatoms. The Labute approximate surface area is 168 Å². The Balaban J connectivity index is 1.38. The van der Waals surface area contributed by atoms with E-state index in [2.05, 4.69) is 22.1 Å². The van der Waals surface area contributed by atoms with E-state index in [4.69, 9.17) is 5.26 Å². The molecule has 2 aromatic heterocycles. The van der Waals surface area contributed by atoms with Crippen LogP contribution in [0.1, 0.15) is 29.7 Å². The van der Waals surface area contributed by atoms with Crippen molar-refractivity contribution in [2.75, 3.05) is 13.1 Å². The van der Waals surface area contributed by atoms with E-state index in [9.17, 15) is 9.59 Å². The van der Waals surface area contributed by atoms with Gasteiger partial charge < -0.3 is 9.88 Å². The Morgan fingerprint density at radius 1 is 1.24 bits per heavy atom. The average Bonchev–Trinajstić information content (AvgIpc) is 2.78. The van der Waals surface area contributed by atoms with Crippen molar-refractivity contribution in [1.82, 2.24) is 14.9 Å². The highest BCUT2D eigenvalue weighted by molar-refractivity contribution is 5.79. The van der Waals surface area contributed by atoms with E-state index in [1.807, 2.05) is 35.2 Å². The zero-order valence-corrected chi connectivity index (χ0v) is 15.9. The number of hydrogen-bond donors (Lipinski definition) is 1. The third-order valence-corrected chi connectivity index (χ3v) is 5.22. The number of pyridine rings is 2. The summed E-state index contributed by atoms with van der Waals surface area (Å²) in [6, 6.07) is 15.0. The van der Waals surface area contributed by atoms with Crippen molar-refractivity contribution in [2.24, 2.45) is 0 Å². The number of carbonyl (C=O) groups is 1. The van der Waals surface area contributed by atoms with Crippen LogP contribution < -0.4 is 5.56 Å². The number of aromatic amines is 1. The Hall–Kier alpha value is -3.72. The van der Waals surface area contributed by atoms with Gasteiger partial charge in [0, 0.05) is 31.4 Å². The average molecular weight is 384 g/mol. The third kappa shape index (κ3) is 4.09. The van der Waals surface area contributed by atoms with Gasteiger partial charge in [-0.25, -0.2) is 0 Å². The van der Waals surface area contributed by atoms with E-state index in [0.717, 1.165) is 17.7 Å². The predicted molar refractivity (Wildman–Crippen MR) is 111 cm³/mol. The Morgan fingerprint density at radius 2 is 2.07 bits per heavy atom. The standard InChI is InChI=1S/C23H20N4O2/c24-15-16-3-5-17(6-4-16)18-9-12-27(13-10-18)22(28)8-7-19-14-21-20(23(29)26-19)2-1-11-25-21/h1-6,9,11,14H,7-8,10,12-13H2,(H,26,29). The van der Waals surface area contributed by atoms with Gasteiger partial charge in [0.05, 0.1) is 22.5 Å². The molecule has 0 unspecified atom stereocenters. The van der Waals surface area contributed by atoms with Crippen LogP contribution in [0.15, 0.2) is 59.5 Å². The van der Waals surface area contributed by atoms with Crippen molar-refractivity contribution in [2.45, 2.75) is 19.3 Å². The van der Waals surface area contributed by atoms with Crippen molar-refractivity contribution in [3.8, 4) is 6.07 Å². The Kier molecular flexibility index (Phi) is 5.21. The quantitative estimate of drug-likeness (QED) is 0.749. The van der Waals surface area contributed by atoms with E-state index >= 15 is 0 Å². The number of nitrogens with zero attached hydrogens (tertiary/aromatic N) is 3. The second-order valence-corrected chi connectivity index (χ2v) is 7.07. The van der Waals surface area contributed by atoms with Crippen LogP contribution in [0.3, 0.4) is 0 Å². The fraction of sp³-hybridized carbons (Fsp3) is 0.217. The molecule has 1 aliphatic rings. The molecule has 1 amide bonds. The van der Waals surface area contributed by atoms with E-state index in [1.54, 1.807) is 18.3 Å². The topological polar surface area (TPSA) is 89.8 Å². The van der Waals surface area contributed by atoms with Crippen LogP contribution in [0.25, 0.3) is 16.5 Å². The van der Waals surface area contributed by atoms with Gasteiger partial charge in [-0.05, 0) is 54.3 Å². The predicted octanol–water partition coefficient (Wildman–Crippen LogP) is 3.04. The molecule has 3 heterocycles. The normalized spacial score (nSPS) is 13.8. The molecule has 0 atom stereocenters. The smallest absolute Gasteiger partial charge is 0.257 e. The Bertz CT molecular complexity index is 1190. The van der Waals surface area contributed by atoms with Crippen LogP contribution in [0, 0.1) is 11.3 Å². The molecule has 0 radical (unpaired) electrons. The highest BCUT2D eigenvalue weighted by Crippen LogP contribution is 2.23. The first-order valence-electron chi connectivity index (χ1n) is 9.58.